The summed E-state index contributed by atoms with van der Waals surface area (Å²) in [6.07, 6.45) is 1.43. The van der Waals surface area contributed by atoms with Crippen LogP contribution in [0.3, 0.4) is 0 Å². The van der Waals surface area contributed by atoms with E-state index in [0.29, 0.717) is 10.2 Å². The largest absolute Gasteiger partial charge is 0.457 e. The van der Waals surface area contributed by atoms with E-state index in [1.54, 1.807) is 33.8 Å². The number of amides is 1. The third-order valence-electron chi connectivity index (χ3n) is 2.82. The third kappa shape index (κ3) is 2.65. The van der Waals surface area contributed by atoms with Gasteiger partial charge in [0.05, 0.1) is 23.0 Å². The van der Waals surface area contributed by atoms with Gasteiger partial charge in [0.15, 0.2) is 4.67 Å². The summed E-state index contributed by atoms with van der Waals surface area (Å²) in [6, 6.07) is 1.57. The number of furan rings is 1. The third-order valence-corrected chi connectivity index (χ3v) is 3.43. The smallest absolute Gasteiger partial charge is 0.256 e. The van der Waals surface area contributed by atoms with Crippen LogP contribution in [0, 0.1) is 0 Å². The summed E-state index contributed by atoms with van der Waals surface area (Å²) in [4.78, 5) is 11.9. The molecule has 0 aliphatic carbocycles. The van der Waals surface area contributed by atoms with Crippen LogP contribution >= 0.6 is 15.9 Å². The maximum absolute atomic E-state index is 11.9. The van der Waals surface area contributed by atoms with Crippen LogP contribution in [0.1, 0.15) is 38.1 Å². The van der Waals surface area contributed by atoms with Gasteiger partial charge in [-0.25, -0.2) is 0 Å². The molecule has 1 rings (SSSR count). The molecule has 1 heterocycles. The highest BCUT2D eigenvalue weighted by Gasteiger charge is 2.36. The lowest BCUT2D eigenvalue weighted by Crippen LogP contribution is -2.57. The molecule has 2 N–H and O–H groups in total. The Hall–Kier alpha value is -0.810. The molecule has 0 radical (unpaired) electrons. The first-order chi connectivity index (χ1) is 7.15. The molecule has 0 aliphatic heterocycles. The molecular formula is C11H16BrNO3. The molecule has 0 fully saturated rings. The van der Waals surface area contributed by atoms with Crippen molar-refractivity contribution in [2.24, 2.45) is 0 Å². The summed E-state index contributed by atoms with van der Waals surface area (Å²) < 4.78 is 5.36. The fraction of sp³-hybridized carbons (Fsp3) is 0.545. The number of carbonyl (C=O) groups excluding carboxylic acids is 1. The Labute approximate surface area is 103 Å². The van der Waals surface area contributed by atoms with E-state index in [9.17, 15) is 9.90 Å². The van der Waals surface area contributed by atoms with E-state index >= 15 is 0 Å². The Morgan fingerprint density at radius 2 is 2.00 bits per heavy atom. The molecule has 0 unspecified atom stereocenters. The van der Waals surface area contributed by atoms with Crippen molar-refractivity contribution >= 4 is 21.8 Å². The minimum atomic E-state index is -1.02. The lowest BCUT2D eigenvalue weighted by molar-refractivity contribution is -0.00296. The molecule has 4 nitrogen and oxygen atoms in total. The standard InChI is InChI=1S/C11H16BrNO3/c1-10(2,11(3,4)15)13-9(14)7-5-6-16-8(7)12/h5-6,15H,1-4H3,(H,13,14). The van der Waals surface area contributed by atoms with Gasteiger partial charge in [0.2, 0.25) is 0 Å². The zero-order valence-corrected chi connectivity index (χ0v) is 11.4. The highest BCUT2D eigenvalue weighted by atomic mass is 79.9. The van der Waals surface area contributed by atoms with E-state index in [2.05, 4.69) is 21.2 Å². The van der Waals surface area contributed by atoms with Gasteiger partial charge >= 0.3 is 0 Å². The number of aliphatic hydroxyl groups is 1. The van der Waals surface area contributed by atoms with E-state index in [1.165, 1.54) is 6.26 Å². The number of nitrogens with one attached hydrogen (secondary N) is 1. The maximum Gasteiger partial charge on any atom is 0.256 e. The summed E-state index contributed by atoms with van der Waals surface area (Å²) in [5, 5.41) is 12.7. The zero-order chi connectivity index (χ0) is 12.6. The van der Waals surface area contributed by atoms with Gasteiger partial charge in [-0.05, 0) is 49.7 Å². The van der Waals surface area contributed by atoms with Gasteiger partial charge in [-0.2, -0.15) is 0 Å². The van der Waals surface area contributed by atoms with Gasteiger partial charge < -0.3 is 14.8 Å². The molecule has 0 atom stereocenters. The van der Waals surface area contributed by atoms with Gasteiger partial charge in [-0.1, -0.05) is 0 Å². The van der Waals surface area contributed by atoms with Crippen LogP contribution in [0.25, 0.3) is 0 Å². The van der Waals surface area contributed by atoms with Crippen LogP contribution in [0.4, 0.5) is 0 Å². The molecule has 1 aromatic heterocycles. The minimum Gasteiger partial charge on any atom is -0.457 e. The van der Waals surface area contributed by atoms with Crippen LogP contribution in [-0.4, -0.2) is 22.2 Å². The molecular weight excluding hydrogens is 274 g/mol. The number of hydrogen-bond donors (Lipinski definition) is 2. The normalized spacial score (nSPS) is 12.6. The Bertz CT molecular complexity index is 390. The fourth-order valence-corrected chi connectivity index (χ4v) is 1.38. The van der Waals surface area contributed by atoms with E-state index < -0.39 is 11.1 Å². The van der Waals surface area contributed by atoms with E-state index in [-0.39, 0.29) is 5.91 Å². The quantitative estimate of drug-likeness (QED) is 0.898. The molecule has 16 heavy (non-hydrogen) atoms. The maximum atomic E-state index is 11.9. The van der Waals surface area contributed by atoms with Crippen molar-refractivity contribution in [2.45, 2.75) is 38.8 Å². The Morgan fingerprint density at radius 1 is 1.44 bits per heavy atom. The summed E-state index contributed by atoms with van der Waals surface area (Å²) in [6.45, 7) is 6.83. The van der Waals surface area contributed by atoms with Gasteiger partial charge in [-0.15, -0.1) is 0 Å². The van der Waals surface area contributed by atoms with E-state index in [1.807, 2.05) is 0 Å². The van der Waals surface area contributed by atoms with Crippen molar-refractivity contribution in [1.29, 1.82) is 0 Å². The lowest BCUT2D eigenvalue weighted by Gasteiger charge is -2.37. The van der Waals surface area contributed by atoms with E-state index in [0.717, 1.165) is 0 Å². The number of hydrogen-bond acceptors (Lipinski definition) is 3. The molecule has 0 aliphatic rings. The predicted octanol–water partition coefficient (Wildman–Crippen LogP) is 2.32. The summed E-state index contributed by atoms with van der Waals surface area (Å²) in [5.74, 6) is -0.284. The van der Waals surface area contributed by atoms with Crippen molar-refractivity contribution in [3.8, 4) is 0 Å². The molecule has 1 aromatic rings. The summed E-state index contributed by atoms with van der Waals surface area (Å²) in [5.41, 5.74) is -1.34. The number of rotatable bonds is 3. The molecule has 0 bridgehead atoms. The fourth-order valence-electron chi connectivity index (χ4n) is 0.960. The van der Waals surface area contributed by atoms with Crippen LogP contribution in [0.2, 0.25) is 0 Å². The average Bonchev–Trinajstić information content (AvgIpc) is 2.48. The van der Waals surface area contributed by atoms with Gasteiger partial charge in [0, 0.05) is 0 Å². The zero-order valence-electron chi connectivity index (χ0n) is 9.80. The van der Waals surface area contributed by atoms with Crippen LogP contribution in [-0.2, 0) is 0 Å². The first kappa shape index (κ1) is 13.3. The summed E-state index contributed by atoms with van der Waals surface area (Å²) in [7, 11) is 0. The molecule has 0 aromatic carbocycles. The predicted molar refractivity (Wildman–Crippen MR) is 64.3 cm³/mol. The molecule has 0 spiro atoms. The molecule has 0 saturated heterocycles. The lowest BCUT2D eigenvalue weighted by atomic mass is 9.86. The van der Waals surface area contributed by atoms with Crippen LogP contribution < -0.4 is 5.32 Å². The Kier molecular flexibility index (Phi) is 3.50. The van der Waals surface area contributed by atoms with Crippen molar-refractivity contribution in [2.75, 3.05) is 0 Å². The highest BCUT2D eigenvalue weighted by Crippen LogP contribution is 2.23. The first-order valence-electron chi connectivity index (χ1n) is 4.93. The average molecular weight is 290 g/mol. The van der Waals surface area contributed by atoms with Gasteiger partial charge in [0.1, 0.15) is 0 Å². The second-order valence-corrected chi connectivity index (χ2v) is 5.47. The first-order valence-corrected chi connectivity index (χ1v) is 5.72. The Balaban J connectivity index is 2.84. The second-order valence-electron chi connectivity index (χ2n) is 4.75. The van der Waals surface area contributed by atoms with Crippen molar-refractivity contribution < 1.29 is 14.3 Å². The Morgan fingerprint density at radius 3 is 2.38 bits per heavy atom. The van der Waals surface area contributed by atoms with Gasteiger partial charge in [0.25, 0.3) is 5.91 Å². The van der Waals surface area contributed by atoms with Crippen molar-refractivity contribution in [1.82, 2.24) is 5.32 Å². The number of carbonyl (C=O) groups is 1. The topological polar surface area (TPSA) is 62.5 Å². The number of halogens is 1. The monoisotopic (exact) mass is 289 g/mol. The van der Waals surface area contributed by atoms with Crippen LogP contribution in [0.15, 0.2) is 21.4 Å². The molecule has 90 valence electrons. The molecule has 1 amide bonds. The molecule has 5 heteroatoms. The minimum absolute atomic E-state index is 0.284. The summed E-state index contributed by atoms with van der Waals surface area (Å²) >= 11 is 3.13. The van der Waals surface area contributed by atoms with Crippen molar-refractivity contribution in [3.05, 3.63) is 22.6 Å². The highest BCUT2D eigenvalue weighted by molar-refractivity contribution is 9.10. The van der Waals surface area contributed by atoms with E-state index in [4.69, 9.17) is 4.42 Å². The van der Waals surface area contributed by atoms with Crippen LogP contribution in [0.5, 0.6) is 0 Å². The van der Waals surface area contributed by atoms with Crippen molar-refractivity contribution in [3.63, 3.8) is 0 Å². The SMILES string of the molecule is CC(C)(O)C(C)(C)NC(=O)c1ccoc1Br. The second kappa shape index (κ2) is 4.22. The molecule has 0 saturated carbocycles. The van der Waals surface area contributed by atoms with Gasteiger partial charge in [-0.3, -0.25) is 4.79 Å².